The third kappa shape index (κ3) is 4.96. The van der Waals surface area contributed by atoms with Gasteiger partial charge in [0.15, 0.2) is 17.3 Å². The maximum Gasteiger partial charge on any atom is 0.193 e. The summed E-state index contributed by atoms with van der Waals surface area (Å²) in [5, 5.41) is 10.2. The van der Waals surface area contributed by atoms with Crippen molar-refractivity contribution in [3.8, 4) is 23.0 Å². The van der Waals surface area contributed by atoms with Crippen LogP contribution < -0.4 is 14.2 Å². The summed E-state index contributed by atoms with van der Waals surface area (Å²) in [5.41, 5.74) is 1.86. The van der Waals surface area contributed by atoms with E-state index in [0.717, 1.165) is 11.1 Å². The van der Waals surface area contributed by atoms with E-state index in [1.807, 2.05) is 36.4 Å². The number of benzene rings is 3. The first-order chi connectivity index (χ1) is 14.1. The highest BCUT2D eigenvalue weighted by Gasteiger charge is 2.15. The van der Waals surface area contributed by atoms with Gasteiger partial charge in [-0.3, -0.25) is 4.79 Å². The second-order valence-electron chi connectivity index (χ2n) is 6.24. The Kier molecular flexibility index (Phi) is 6.53. The molecule has 0 fully saturated rings. The molecule has 3 aromatic carbocycles. The number of carbonyl (C=O) groups excluding carboxylic acids is 1. The molecule has 0 unspecified atom stereocenters. The molecule has 0 aromatic heterocycles. The number of phenols is 1. The van der Waals surface area contributed by atoms with Crippen molar-refractivity contribution in [3.63, 3.8) is 0 Å². The lowest BCUT2D eigenvalue weighted by Crippen LogP contribution is -2.03. The van der Waals surface area contributed by atoms with Gasteiger partial charge < -0.3 is 19.3 Å². The predicted octanol–water partition coefficient (Wildman–Crippen LogP) is 4.88. The molecule has 29 heavy (non-hydrogen) atoms. The van der Waals surface area contributed by atoms with Crippen molar-refractivity contribution >= 4 is 11.9 Å². The summed E-state index contributed by atoms with van der Waals surface area (Å²) in [6, 6.07) is 19.7. The van der Waals surface area contributed by atoms with Gasteiger partial charge in [-0.2, -0.15) is 0 Å². The second kappa shape index (κ2) is 9.46. The first-order valence-corrected chi connectivity index (χ1v) is 9.05. The average Bonchev–Trinajstić information content (AvgIpc) is 2.76. The number of ether oxygens (including phenoxy) is 3. The summed E-state index contributed by atoms with van der Waals surface area (Å²) in [5.74, 6) is 1.01. The molecule has 0 atom stereocenters. The normalized spacial score (nSPS) is 10.7. The van der Waals surface area contributed by atoms with Crippen molar-refractivity contribution in [2.24, 2.45) is 0 Å². The maximum absolute atomic E-state index is 12.8. The molecule has 148 valence electrons. The number of carbonyl (C=O) groups is 1. The molecule has 0 aliphatic carbocycles. The van der Waals surface area contributed by atoms with Gasteiger partial charge in [0, 0.05) is 0 Å². The van der Waals surface area contributed by atoms with E-state index >= 15 is 0 Å². The Bertz CT molecular complexity index is 1010. The molecule has 0 heterocycles. The Balaban J connectivity index is 1.81. The summed E-state index contributed by atoms with van der Waals surface area (Å²) in [6.07, 6.45) is 3.05. The van der Waals surface area contributed by atoms with E-state index in [-0.39, 0.29) is 17.1 Å². The van der Waals surface area contributed by atoms with Crippen molar-refractivity contribution in [2.45, 2.75) is 6.61 Å². The minimum atomic E-state index is -0.360. The molecule has 5 nitrogen and oxygen atoms in total. The zero-order valence-corrected chi connectivity index (χ0v) is 16.3. The van der Waals surface area contributed by atoms with Gasteiger partial charge in [-0.1, -0.05) is 48.5 Å². The van der Waals surface area contributed by atoms with E-state index in [1.54, 1.807) is 44.6 Å². The van der Waals surface area contributed by atoms with Crippen LogP contribution in [0.4, 0.5) is 0 Å². The number of rotatable bonds is 8. The molecule has 0 aliphatic heterocycles. The number of aromatic hydroxyl groups is 1. The Hall–Kier alpha value is -3.73. The Labute approximate surface area is 169 Å². The Morgan fingerprint density at radius 1 is 0.897 bits per heavy atom. The number of phenolic OH excluding ortho intramolecular Hbond substituents is 1. The third-order valence-corrected chi connectivity index (χ3v) is 4.32. The fourth-order valence-electron chi connectivity index (χ4n) is 2.83. The molecular formula is C24H22O5. The number of hydrogen-bond acceptors (Lipinski definition) is 5. The van der Waals surface area contributed by atoms with Crippen LogP contribution in [0.5, 0.6) is 23.0 Å². The van der Waals surface area contributed by atoms with Gasteiger partial charge >= 0.3 is 0 Å². The van der Waals surface area contributed by atoms with Crippen LogP contribution >= 0.6 is 0 Å². The SMILES string of the molecule is COc1ccc(/C=C/C(=O)c2c(O)cccc2OCc2ccccc2)cc1OC. The fraction of sp³-hybridized carbons (Fsp3) is 0.125. The second-order valence-corrected chi connectivity index (χ2v) is 6.24. The van der Waals surface area contributed by atoms with Crippen molar-refractivity contribution in [1.29, 1.82) is 0 Å². The smallest absolute Gasteiger partial charge is 0.193 e. The van der Waals surface area contributed by atoms with E-state index in [1.165, 1.54) is 12.1 Å². The van der Waals surface area contributed by atoms with Gasteiger partial charge in [-0.05, 0) is 41.5 Å². The molecule has 0 saturated carbocycles. The zero-order valence-electron chi connectivity index (χ0n) is 16.3. The topological polar surface area (TPSA) is 65.0 Å². The minimum Gasteiger partial charge on any atom is -0.507 e. The molecule has 0 amide bonds. The van der Waals surface area contributed by atoms with Gasteiger partial charge in [-0.25, -0.2) is 0 Å². The van der Waals surface area contributed by atoms with Gasteiger partial charge in [0.2, 0.25) is 0 Å². The number of methoxy groups -OCH3 is 2. The van der Waals surface area contributed by atoms with Crippen LogP contribution in [0.1, 0.15) is 21.5 Å². The van der Waals surface area contributed by atoms with Crippen LogP contribution in [0.2, 0.25) is 0 Å². The van der Waals surface area contributed by atoms with Crippen molar-refractivity contribution in [3.05, 3.63) is 89.5 Å². The largest absolute Gasteiger partial charge is 0.507 e. The maximum atomic E-state index is 12.8. The molecule has 0 bridgehead atoms. The van der Waals surface area contributed by atoms with E-state index in [9.17, 15) is 9.90 Å². The molecule has 0 radical (unpaired) electrons. The summed E-state index contributed by atoms with van der Waals surface area (Å²) >= 11 is 0. The standard InChI is InChI=1S/C24H22O5/c1-27-21-14-12-17(15-23(21)28-2)11-13-20(26)24-19(25)9-6-10-22(24)29-16-18-7-4-3-5-8-18/h3-15,25H,16H2,1-2H3/b13-11+. The Morgan fingerprint density at radius 3 is 2.38 bits per heavy atom. The highest BCUT2D eigenvalue weighted by molar-refractivity contribution is 6.10. The zero-order chi connectivity index (χ0) is 20.6. The van der Waals surface area contributed by atoms with Crippen LogP contribution in [0.15, 0.2) is 72.8 Å². The minimum absolute atomic E-state index is 0.125. The van der Waals surface area contributed by atoms with Gasteiger partial charge in [-0.15, -0.1) is 0 Å². The quantitative estimate of drug-likeness (QED) is 0.438. The molecule has 0 saturated heterocycles. The third-order valence-electron chi connectivity index (χ3n) is 4.32. The van der Waals surface area contributed by atoms with E-state index in [4.69, 9.17) is 14.2 Å². The molecule has 3 aromatic rings. The van der Waals surface area contributed by atoms with Gasteiger partial charge in [0.05, 0.1) is 14.2 Å². The highest BCUT2D eigenvalue weighted by atomic mass is 16.5. The molecule has 0 spiro atoms. The fourth-order valence-corrected chi connectivity index (χ4v) is 2.83. The summed E-state index contributed by atoms with van der Waals surface area (Å²) in [6.45, 7) is 0.296. The predicted molar refractivity (Wildman–Crippen MR) is 112 cm³/mol. The first-order valence-electron chi connectivity index (χ1n) is 9.05. The summed E-state index contributed by atoms with van der Waals surface area (Å²) < 4.78 is 16.3. The number of ketones is 1. The molecular weight excluding hydrogens is 368 g/mol. The summed E-state index contributed by atoms with van der Waals surface area (Å²) in [7, 11) is 3.11. The van der Waals surface area contributed by atoms with Crippen molar-refractivity contribution < 1.29 is 24.1 Å². The first kappa shape index (κ1) is 20.0. The number of allylic oxidation sites excluding steroid dienone is 1. The van der Waals surface area contributed by atoms with E-state index < -0.39 is 0 Å². The summed E-state index contributed by atoms with van der Waals surface area (Å²) in [4.78, 5) is 12.8. The lowest BCUT2D eigenvalue weighted by Gasteiger charge is -2.11. The monoisotopic (exact) mass is 390 g/mol. The molecule has 3 rings (SSSR count). The van der Waals surface area contributed by atoms with Crippen molar-refractivity contribution in [1.82, 2.24) is 0 Å². The van der Waals surface area contributed by atoms with E-state index in [2.05, 4.69) is 0 Å². The molecule has 1 N–H and O–H groups in total. The van der Waals surface area contributed by atoms with Crippen LogP contribution in [0, 0.1) is 0 Å². The highest BCUT2D eigenvalue weighted by Crippen LogP contribution is 2.30. The molecule has 5 heteroatoms. The number of hydrogen-bond donors (Lipinski definition) is 1. The lowest BCUT2D eigenvalue weighted by molar-refractivity contribution is 0.104. The van der Waals surface area contributed by atoms with Crippen LogP contribution in [0.25, 0.3) is 6.08 Å². The van der Waals surface area contributed by atoms with Crippen LogP contribution in [-0.2, 0) is 6.61 Å². The molecule has 0 aliphatic rings. The van der Waals surface area contributed by atoms with E-state index in [0.29, 0.717) is 23.9 Å². The van der Waals surface area contributed by atoms with Gasteiger partial charge in [0.25, 0.3) is 0 Å². The Morgan fingerprint density at radius 2 is 1.66 bits per heavy atom. The van der Waals surface area contributed by atoms with Gasteiger partial charge in [0.1, 0.15) is 23.7 Å². The van der Waals surface area contributed by atoms with Crippen LogP contribution in [0.3, 0.4) is 0 Å². The lowest BCUT2D eigenvalue weighted by atomic mass is 10.1. The van der Waals surface area contributed by atoms with Crippen LogP contribution in [-0.4, -0.2) is 25.1 Å². The van der Waals surface area contributed by atoms with Crippen molar-refractivity contribution in [2.75, 3.05) is 14.2 Å². The average molecular weight is 390 g/mol.